The Morgan fingerprint density at radius 3 is 2.70 bits per heavy atom. The number of sulfonamides is 1. The molecule has 1 heterocycles. The van der Waals surface area contributed by atoms with Gasteiger partial charge in [0.1, 0.15) is 4.90 Å². The molecule has 1 atom stereocenters. The quantitative estimate of drug-likeness (QED) is 0.679. The first-order valence-corrected chi connectivity index (χ1v) is 7.57. The number of nitrogen functional groups attached to an aromatic ring is 1. The van der Waals surface area contributed by atoms with Gasteiger partial charge in [-0.15, -0.1) is 0 Å². The zero-order valence-corrected chi connectivity index (χ0v) is 11.5. The number of carboxylic acids is 1. The first-order chi connectivity index (χ1) is 9.37. The Kier molecular flexibility index (Phi) is 3.98. The Labute approximate surface area is 116 Å². The summed E-state index contributed by atoms with van der Waals surface area (Å²) in [6.07, 6.45) is 1.28. The maximum Gasteiger partial charge on any atom is 0.335 e. The van der Waals surface area contributed by atoms with Gasteiger partial charge < -0.3 is 15.9 Å². The van der Waals surface area contributed by atoms with Gasteiger partial charge in [0.2, 0.25) is 10.0 Å². The van der Waals surface area contributed by atoms with Gasteiger partial charge in [0.15, 0.2) is 0 Å². The molecule has 110 valence electrons. The molecular formula is C12H16N2O5S. The molecule has 20 heavy (non-hydrogen) atoms. The van der Waals surface area contributed by atoms with E-state index in [1.807, 2.05) is 0 Å². The van der Waals surface area contributed by atoms with Crippen LogP contribution in [0.15, 0.2) is 23.1 Å². The summed E-state index contributed by atoms with van der Waals surface area (Å²) in [7, 11) is -3.82. The molecule has 0 bridgehead atoms. The van der Waals surface area contributed by atoms with E-state index < -0.39 is 22.0 Å². The maximum absolute atomic E-state index is 12.5. The van der Waals surface area contributed by atoms with Gasteiger partial charge in [-0.2, -0.15) is 4.31 Å². The van der Waals surface area contributed by atoms with Crippen LogP contribution in [-0.2, 0) is 10.0 Å². The lowest BCUT2D eigenvalue weighted by Gasteiger charge is -2.23. The van der Waals surface area contributed by atoms with Crippen LogP contribution in [-0.4, -0.2) is 48.1 Å². The fraction of sp³-hybridized carbons (Fsp3) is 0.417. The highest BCUT2D eigenvalue weighted by Crippen LogP contribution is 2.29. The summed E-state index contributed by atoms with van der Waals surface area (Å²) in [5, 5.41) is 18.1. The fourth-order valence-corrected chi connectivity index (χ4v) is 4.13. The number of benzene rings is 1. The number of nitrogens with two attached hydrogens (primary N) is 1. The van der Waals surface area contributed by atoms with Crippen LogP contribution in [0, 0.1) is 0 Å². The highest BCUT2D eigenvalue weighted by molar-refractivity contribution is 7.89. The van der Waals surface area contributed by atoms with Gasteiger partial charge in [-0.3, -0.25) is 0 Å². The average Bonchev–Trinajstić information content (AvgIpc) is 2.87. The second-order valence-electron chi connectivity index (χ2n) is 4.65. The summed E-state index contributed by atoms with van der Waals surface area (Å²) in [4.78, 5) is 10.7. The minimum absolute atomic E-state index is 0.0680. The lowest BCUT2D eigenvalue weighted by atomic mass is 10.2. The Balaban J connectivity index is 2.42. The molecule has 0 unspecified atom stereocenters. The van der Waals surface area contributed by atoms with Gasteiger partial charge >= 0.3 is 5.97 Å². The number of aromatic carboxylic acids is 1. The van der Waals surface area contributed by atoms with Crippen LogP contribution in [0.1, 0.15) is 23.2 Å². The summed E-state index contributed by atoms with van der Waals surface area (Å²) in [6, 6.07) is 3.08. The van der Waals surface area contributed by atoms with E-state index in [4.69, 9.17) is 10.8 Å². The Morgan fingerprint density at radius 1 is 1.45 bits per heavy atom. The van der Waals surface area contributed by atoms with Crippen molar-refractivity contribution in [3.63, 3.8) is 0 Å². The SMILES string of the molecule is Nc1cc(C(=O)O)ccc1S(=O)(=O)N1CCC[C@@H]1CO. The van der Waals surface area contributed by atoms with Crippen LogP contribution in [0.5, 0.6) is 0 Å². The summed E-state index contributed by atoms with van der Waals surface area (Å²) < 4.78 is 26.2. The van der Waals surface area contributed by atoms with Crippen LogP contribution < -0.4 is 5.73 Å². The predicted molar refractivity (Wildman–Crippen MR) is 71.8 cm³/mol. The zero-order chi connectivity index (χ0) is 14.9. The van der Waals surface area contributed by atoms with E-state index in [2.05, 4.69) is 0 Å². The first kappa shape index (κ1) is 14.8. The van der Waals surface area contributed by atoms with Crippen LogP contribution in [0.4, 0.5) is 5.69 Å². The number of hydrogen-bond donors (Lipinski definition) is 3. The molecule has 0 spiro atoms. The number of anilines is 1. The number of rotatable bonds is 4. The molecule has 1 aromatic carbocycles. The van der Waals surface area contributed by atoms with E-state index in [1.54, 1.807) is 0 Å². The monoisotopic (exact) mass is 300 g/mol. The van der Waals surface area contributed by atoms with Gasteiger partial charge in [0.05, 0.1) is 17.9 Å². The van der Waals surface area contributed by atoms with Gasteiger partial charge in [-0.25, -0.2) is 13.2 Å². The van der Waals surface area contributed by atoms with E-state index >= 15 is 0 Å². The van der Waals surface area contributed by atoms with Gasteiger partial charge in [0.25, 0.3) is 0 Å². The van der Waals surface area contributed by atoms with Crippen molar-refractivity contribution in [3.05, 3.63) is 23.8 Å². The number of carboxylic acid groups (broad SMARTS) is 1. The molecule has 1 aliphatic heterocycles. The summed E-state index contributed by atoms with van der Waals surface area (Å²) in [5.74, 6) is -1.17. The predicted octanol–water partition coefficient (Wildman–Crippen LogP) is 0.112. The molecule has 1 fully saturated rings. The lowest BCUT2D eigenvalue weighted by molar-refractivity contribution is 0.0697. The molecule has 0 aromatic heterocycles. The third kappa shape index (κ3) is 2.49. The van der Waals surface area contributed by atoms with E-state index in [-0.39, 0.29) is 22.8 Å². The highest BCUT2D eigenvalue weighted by atomic mass is 32.2. The van der Waals surface area contributed by atoms with E-state index in [0.29, 0.717) is 19.4 Å². The van der Waals surface area contributed by atoms with Crippen LogP contribution in [0.25, 0.3) is 0 Å². The number of aliphatic hydroxyl groups is 1. The number of carbonyl (C=O) groups is 1. The molecule has 1 saturated heterocycles. The molecule has 8 heteroatoms. The van der Waals surface area contributed by atoms with Gasteiger partial charge in [0, 0.05) is 12.6 Å². The van der Waals surface area contributed by atoms with Crippen molar-refractivity contribution in [1.82, 2.24) is 4.31 Å². The summed E-state index contributed by atoms with van der Waals surface area (Å²) >= 11 is 0. The van der Waals surface area contributed by atoms with Crippen molar-refractivity contribution >= 4 is 21.7 Å². The van der Waals surface area contributed by atoms with Crippen LogP contribution >= 0.6 is 0 Å². The Hall–Kier alpha value is -1.64. The first-order valence-electron chi connectivity index (χ1n) is 6.13. The molecule has 0 radical (unpaired) electrons. The molecule has 0 amide bonds. The normalized spacial score (nSPS) is 20.1. The number of aliphatic hydroxyl groups excluding tert-OH is 1. The molecule has 7 nitrogen and oxygen atoms in total. The molecule has 1 aliphatic rings. The standard InChI is InChI=1S/C12H16N2O5S/c13-10-6-8(12(16)17)3-4-11(10)20(18,19)14-5-1-2-9(14)7-15/h3-4,6,9,15H,1-2,5,7,13H2,(H,16,17)/t9-/m1/s1. The van der Waals surface area contributed by atoms with Crippen molar-refractivity contribution in [2.24, 2.45) is 0 Å². The third-order valence-electron chi connectivity index (χ3n) is 3.38. The van der Waals surface area contributed by atoms with Crippen molar-refractivity contribution in [2.45, 2.75) is 23.8 Å². The van der Waals surface area contributed by atoms with Crippen molar-refractivity contribution in [2.75, 3.05) is 18.9 Å². The molecule has 0 aliphatic carbocycles. The molecule has 0 saturated carbocycles. The largest absolute Gasteiger partial charge is 0.478 e. The summed E-state index contributed by atoms with van der Waals surface area (Å²) in [5.41, 5.74) is 5.50. The number of hydrogen-bond acceptors (Lipinski definition) is 5. The average molecular weight is 300 g/mol. The molecular weight excluding hydrogens is 284 g/mol. The van der Waals surface area contributed by atoms with E-state index in [1.165, 1.54) is 16.4 Å². The van der Waals surface area contributed by atoms with Crippen molar-refractivity contribution in [3.8, 4) is 0 Å². The van der Waals surface area contributed by atoms with Crippen molar-refractivity contribution in [1.29, 1.82) is 0 Å². The second kappa shape index (κ2) is 5.39. The zero-order valence-electron chi connectivity index (χ0n) is 10.7. The molecule has 4 N–H and O–H groups in total. The Morgan fingerprint density at radius 2 is 2.15 bits per heavy atom. The molecule has 1 aromatic rings. The maximum atomic E-state index is 12.5. The third-order valence-corrected chi connectivity index (χ3v) is 5.40. The van der Waals surface area contributed by atoms with E-state index in [9.17, 15) is 18.3 Å². The smallest absolute Gasteiger partial charge is 0.335 e. The minimum atomic E-state index is -3.82. The van der Waals surface area contributed by atoms with Crippen LogP contribution in [0.3, 0.4) is 0 Å². The topological polar surface area (TPSA) is 121 Å². The van der Waals surface area contributed by atoms with E-state index in [0.717, 1.165) is 6.07 Å². The van der Waals surface area contributed by atoms with Gasteiger partial charge in [-0.1, -0.05) is 0 Å². The number of nitrogens with zero attached hydrogens (tertiary/aromatic N) is 1. The second-order valence-corrected chi connectivity index (χ2v) is 6.51. The summed E-state index contributed by atoms with van der Waals surface area (Å²) in [6.45, 7) is 0.0834. The highest BCUT2D eigenvalue weighted by Gasteiger charge is 2.35. The molecule has 2 rings (SSSR count). The van der Waals surface area contributed by atoms with Crippen LogP contribution in [0.2, 0.25) is 0 Å². The van der Waals surface area contributed by atoms with Gasteiger partial charge in [-0.05, 0) is 31.0 Å². The fourth-order valence-electron chi connectivity index (χ4n) is 2.35. The van der Waals surface area contributed by atoms with Crippen molar-refractivity contribution < 1.29 is 23.4 Å². The minimum Gasteiger partial charge on any atom is -0.478 e. The lowest BCUT2D eigenvalue weighted by Crippen LogP contribution is -2.37. The Bertz CT molecular complexity index is 629.